The molecule has 0 unspecified atom stereocenters. The molecule has 0 amide bonds. The number of nitrogens with one attached hydrogen (secondary N) is 1. The molecule has 2 aliphatic rings. The summed E-state index contributed by atoms with van der Waals surface area (Å²) in [4.78, 5) is 16.3. The zero-order valence-electron chi connectivity index (χ0n) is 14.4. The Morgan fingerprint density at radius 1 is 1.19 bits per heavy atom. The number of rotatable bonds is 1. The van der Waals surface area contributed by atoms with Crippen LogP contribution >= 0.6 is 11.6 Å². The summed E-state index contributed by atoms with van der Waals surface area (Å²) < 4.78 is 0. The molecule has 0 radical (unpaired) electrons. The molecule has 1 spiro atoms. The molecule has 0 aliphatic carbocycles. The fourth-order valence-electron chi connectivity index (χ4n) is 3.23. The molecule has 1 N–H and O–H groups in total. The molecule has 2 aromatic rings. The van der Waals surface area contributed by atoms with E-state index in [1.165, 1.54) is 6.20 Å². The Morgan fingerprint density at radius 3 is 2.78 bits per heavy atom. The first kappa shape index (κ1) is 17.4. The Morgan fingerprint density at radius 2 is 2.00 bits per heavy atom. The Bertz CT molecular complexity index is 993. The van der Waals surface area contributed by atoms with Crippen LogP contribution in [0.3, 0.4) is 0 Å². The van der Waals surface area contributed by atoms with Crippen molar-refractivity contribution < 1.29 is 4.84 Å². The monoisotopic (exact) mass is 377 g/mol. The number of hydrogen-bond acceptors (Lipinski definition) is 6. The van der Waals surface area contributed by atoms with E-state index >= 15 is 0 Å². The molecule has 1 saturated heterocycles. The van der Waals surface area contributed by atoms with E-state index in [1.807, 2.05) is 30.3 Å². The number of hydroxylamine groups is 1. The van der Waals surface area contributed by atoms with Gasteiger partial charge in [0.2, 0.25) is 0 Å². The highest BCUT2D eigenvalue weighted by atomic mass is 35.5. The maximum atomic E-state index is 9.21. The van der Waals surface area contributed by atoms with Crippen molar-refractivity contribution in [3.8, 4) is 17.9 Å². The molecule has 2 aliphatic heterocycles. The number of allylic oxidation sites excluding steroid dienone is 1. The van der Waals surface area contributed by atoms with Crippen molar-refractivity contribution in [2.45, 2.75) is 18.4 Å². The molecular weight excluding hydrogens is 362 g/mol. The van der Waals surface area contributed by atoms with Gasteiger partial charge >= 0.3 is 0 Å². The van der Waals surface area contributed by atoms with Gasteiger partial charge in [0.05, 0.1) is 0 Å². The van der Waals surface area contributed by atoms with E-state index in [1.54, 1.807) is 6.20 Å². The number of nitrogens with zero attached hydrogens (tertiary/aromatic N) is 4. The maximum Gasteiger partial charge on any atom is 0.183 e. The van der Waals surface area contributed by atoms with E-state index < -0.39 is 0 Å². The summed E-state index contributed by atoms with van der Waals surface area (Å²) in [5.74, 6) is 6.81. The first-order valence-corrected chi connectivity index (χ1v) is 8.96. The van der Waals surface area contributed by atoms with Crippen LogP contribution in [-0.2, 0) is 4.84 Å². The molecule has 7 heteroatoms. The molecule has 0 atom stereocenters. The van der Waals surface area contributed by atoms with Crippen LogP contribution in [0.25, 0.3) is 0 Å². The average molecular weight is 378 g/mol. The van der Waals surface area contributed by atoms with Crippen LogP contribution in [0.2, 0.25) is 5.02 Å². The molecule has 6 nitrogen and oxygen atoms in total. The number of piperidine rings is 1. The first-order valence-electron chi connectivity index (χ1n) is 8.58. The Hall–Kier alpha value is -3.06. The minimum absolute atomic E-state index is 0.350. The van der Waals surface area contributed by atoms with Gasteiger partial charge in [-0.1, -0.05) is 23.6 Å². The van der Waals surface area contributed by atoms with Gasteiger partial charge in [0.1, 0.15) is 17.4 Å². The quantitative estimate of drug-likeness (QED) is 0.770. The lowest BCUT2D eigenvalue weighted by molar-refractivity contribution is -0.0524. The van der Waals surface area contributed by atoms with Gasteiger partial charge in [-0.2, -0.15) is 5.26 Å². The Kier molecular flexibility index (Phi) is 4.68. The largest absolute Gasteiger partial charge is 0.354 e. The van der Waals surface area contributed by atoms with Crippen molar-refractivity contribution in [3.63, 3.8) is 0 Å². The van der Waals surface area contributed by atoms with Crippen LogP contribution in [0.4, 0.5) is 5.82 Å². The second kappa shape index (κ2) is 7.28. The van der Waals surface area contributed by atoms with Crippen molar-refractivity contribution >= 4 is 17.4 Å². The van der Waals surface area contributed by atoms with Crippen LogP contribution in [0.15, 0.2) is 48.4 Å². The topological polar surface area (TPSA) is 74.1 Å². The molecular formula is C20H16ClN5O. The highest BCUT2D eigenvalue weighted by molar-refractivity contribution is 6.30. The summed E-state index contributed by atoms with van der Waals surface area (Å²) in [6.07, 6.45) is 6.72. The summed E-state index contributed by atoms with van der Waals surface area (Å²) in [6, 6.07) is 9.53. The van der Waals surface area contributed by atoms with Gasteiger partial charge in [-0.15, -0.1) is 0 Å². The predicted octanol–water partition coefficient (Wildman–Crippen LogP) is 2.81. The van der Waals surface area contributed by atoms with Crippen molar-refractivity contribution in [1.29, 1.82) is 5.26 Å². The summed E-state index contributed by atoms with van der Waals surface area (Å²) >= 11 is 5.99. The molecule has 3 heterocycles. The Labute approximate surface area is 162 Å². The fraction of sp³-hybridized carbons (Fsp3) is 0.250. The van der Waals surface area contributed by atoms with Gasteiger partial charge in [0, 0.05) is 48.9 Å². The highest BCUT2D eigenvalue weighted by Gasteiger charge is 2.39. The third-order valence-electron chi connectivity index (χ3n) is 4.63. The van der Waals surface area contributed by atoms with Crippen LogP contribution in [0.5, 0.6) is 0 Å². The van der Waals surface area contributed by atoms with Crippen LogP contribution in [-0.4, -0.2) is 28.7 Å². The van der Waals surface area contributed by atoms with E-state index in [2.05, 4.69) is 38.3 Å². The predicted molar refractivity (Wildman–Crippen MR) is 102 cm³/mol. The van der Waals surface area contributed by atoms with E-state index in [0.29, 0.717) is 16.5 Å². The normalized spacial score (nSPS) is 17.5. The summed E-state index contributed by atoms with van der Waals surface area (Å²) in [5, 5.41) is 9.88. The number of anilines is 1. The molecule has 4 rings (SSSR count). The number of nitriles is 1. The summed E-state index contributed by atoms with van der Waals surface area (Å²) in [7, 11) is 0. The molecule has 0 bridgehead atoms. The third kappa shape index (κ3) is 3.73. The second-order valence-corrected chi connectivity index (χ2v) is 6.85. The first-order chi connectivity index (χ1) is 13.2. The molecule has 0 saturated carbocycles. The van der Waals surface area contributed by atoms with Crippen LogP contribution in [0.1, 0.15) is 24.1 Å². The smallest absolute Gasteiger partial charge is 0.183 e. The van der Waals surface area contributed by atoms with E-state index in [-0.39, 0.29) is 5.60 Å². The van der Waals surface area contributed by atoms with Crippen LogP contribution < -0.4 is 10.4 Å². The Balaban J connectivity index is 1.46. The highest BCUT2D eigenvalue weighted by Crippen LogP contribution is 2.33. The molecule has 1 aromatic heterocycles. The summed E-state index contributed by atoms with van der Waals surface area (Å²) in [5.41, 5.74) is 4.50. The standard InChI is InChI=1S/C20H16ClN5O/c21-16-3-1-2-15(12-16)4-5-17-13-20(27-25-17)6-10-26(11-7-20)19-18(14-22)23-8-9-24-19/h1-3,8-9,12-13,25H,6-7,10-11H2. The molecule has 1 fully saturated rings. The maximum absolute atomic E-state index is 9.21. The van der Waals surface area contributed by atoms with E-state index in [9.17, 15) is 5.26 Å². The van der Waals surface area contributed by atoms with Gasteiger partial charge in [0.15, 0.2) is 11.5 Å². The number of aromatic nitrogens is 2. The number of hydrogen-bond donors (Lipinski definition) is 1. The number of benzene rings is 1. The lowest BCUT2D eigenvalue weighted by Crippen LogP contribution is -2.45. The summed E-state index contributed by atoms with van der Waals surface area (Å²) in [6.45, 7) is 1.45. The van der Waals surface area contributed by atoms with Crippen LogP contribution in [0, 0.1) is 23.2 Å². The lowest BCUT2D eigenvalue weighted by atomic mass is 9.91. The van der Waals surface area contributed by atoms with Crippen molar-refractivity contribution in [1.82, 2.24) is 15.4 Å². The van der Waals surface area contributed by atoms with Gasteiger partial charge in [-0.25, -0.2) is 9.97 Å². The lowest BCUT2D eigenvalue weighted by Gasteiger charge is -2.37. The minimum atomic E-state index is -0.385. The molecule has 27 heavy (non-hydrogen) atoms. The van der Waals surface area contributed by atoms with Gasteiger partial charge in [-0.05, 0) is 30.2 Å². The van der Waals surface area contributed by atoms with Crippen molar-refractivity contribution in [2.75, 3.05) is 18.0 Å². The van der Waals surface area contributed by atoms with E-state index in [0.717, 1.165) is 37.2 Å². The minimum Gasteiger partial charge on any atom is -0.354 e. The zero-order chi connectivity index (χ0) is 18.7. The average Bonchev–Trinajstić information content (AvgIpc) is 3.10. The number of halogens is 1. The molecule has 134 valence electrons. The molecule has 1 aromatic carbocycles. The van der Waals surface area contributed by atoms with Gasteiger partial charge < -0.3 is 4.90 Å². The zero-order valence-corrected chi connectivity index (χ0v) is 15.2. The van der Waals surface area contributed by atoms with E-state index in [4.69, 9.17) is 16.4 Å². The fourth-order valence-corrected chi connectivity index (χ4v) is 3.42. The van der Waals surface area contributed by atoms with Crippen molar-refractivity contribution in [3.05, 3.63) is 64.7 Å². The second-order valence-electron chi connectivity index (χ2n) is 6.41. The van der Waals surface area contributed by atoms with Crippen molar-refractivity contribution in [2.24, 2.45) is 0 Å². The SMILES string of the molecule is N#Cc1nccnc1N1CCC2(C=C(C#Cc3cccc(Cl)c3)NO2)CC1. The van der Waals surface area contributed by atoms with Gasteiger partial charge in [-0.3, -0.25) is 10.3 Å². The van der Waals surface area contributed by atoms with Gasteiger partial charge in [0.25, 0.3) is 0 Å². The third-order valence-corrected chi connectivity index (χ3v) is 4.87.